The van der Waals surface area contributed by atoms with Gasteiger partial charge < -0.3 is 9.33 Å². The van der Waals surface area contributed by atoms with Gasteiger partial charge in [0.15, 0.2) is 0 Å². The van der Waals surface area contributed by atoms with Crippen LogP contribution in [0.4, 0.5) is 0 Å². The summed E-state index contributed by atoms with van der Waals surface area (Å²) in [5.41, 5.74) is 0. The van der Waals surface area contributed by atoms with Gasteiger partial charge in [-0.3, -0.25) is 4.79 Å². The average molecular weight is 273 g/mol. The Hall–Kier alpha value is -0.353. The maximum Gasteiger partial charge on any atom is 0.292 e. The molecule has 0 bridgehead atoms. The van der Waals surface area contributed by atoms with Crippen molar-refractivity contribution >= 4 is 14.3 Å². The van der Waals surface area contributed by atoms with E-state index in [0.29, 0.717) is 6.42 Å². The zero-order chi connectivity index (χ0) is 14.0. The smallest absolute Gasteiger partial charge is 0.292 e. The second-order valence-electron chi connectivity index (χ2n) is 4.85. The fourth-order valence-corrected chi connectivity index (χ4v) is 4.76. The van der Waals surface area contributed by atoms with Crippen LogP contribution in [0, 0.1) is 0 Å². The second kappa shape index (κ2) is 9.56. The first-order chi connectivity index (χ1) is 8.57. The molecule has 4 heteroatoms. The van der Waals surface area contributed by atoms with Gasteiger partial charge in [-0.05, 0) is 44.2 Å². The Morgan fingerprint density at radius 1 is 1.00 bits per heavy atom. The topological polar surface area (TPSA) is 29.5 Å². The van der Waals surface area contributed by atoms with Crippen LogP contribution >= 0.6 is 0 Å². The van der Waals surface area contributed by atoms with E-state index in [4.69, 9.17) is 4.43 Å². The predicted octanol–water partition coefficient (Wildman–Crippen LogP) is 3.66. The van der Waals surface area contributed by atoms with Crippen molar-refractivity contribution in [3.8, 4) is 0 Å². The van der Waals surface area contributed by atoms with E-state index in [1.165, 1.54) is 0 Å². The molecule has 0 aromatic heterocycles. The molecule has 0 unspecified atom stereocenters. The monoisotopic (exact) mass is 273 g/mol. The van der Waals surface area contributed by atoms with Crippen LogP contribution in [0.1, 0.15) is 47.5 Å². The van der Waals surface area contributed by atoms with Gasteiger partial charge in [-0.15, -0.1) is 0 Å². The highest BCUT2D eigenvalue weighted by atomic mass is 28.4. The second-order valence-corrected chi connectivity index (χ2v) is 9.54. The lowest BCUT2D eigenvalue weighted by Gasteiger charge is -2.27. The van der Waals surface area contributed by atoms with Gasteiger partial charge in [0.1, 0.15) is 0 Å². The average Bonchev–Trinajstić information content (AvgIpc) is 2.41. The molecule has 0 atom stereocenters. The van der Waals surface area contributed by atoms with Gasteiger partial charge in [0.25, 0.3) is 14.3 Å². The van der Waals surface area contributed by atoms with Crippen LogP contribution in [0.5, 0.6) is 0 Å². The molecular weight excluding hydrogens is 242 g/mol. The molecule has 18 heavy (non-hydrogen) atoms. The highest BCUT2D eigenvalue weighted by molar-refractivity contribution is 6.74. The van der Waals surface area contributed by atoms with Gasteiger partial charge in [0.2, 0.25) is 0 Å². The number of nitrogens with zero attached hydrogens (tertiary/aromatic N) is 1. The number of carbonyl (C=O) groups is 1. The first-order valence-corrected chi connectivity index (χ1v) is 10.0. The SMILES string of the molecule is CCN(CC)CCCC(=O)O[Si](CC)(CC)CC. The van der Waals surface area contributed by atoms with Crippen molar-refractivity contribution in [2.45, 2.75) is 65.6 Å². The van der Waals surface area contributed by atoms with E-state index in [2.05, 4.69) is 39.5 Å². The van der Waals surface area contributed by atoms with Gasteiger partial charge in [-0.25, -0.2) is 0 Å². The Labute approximate surface area is 114 Å². The zero-order valence-corrected chi connectivity index (χ0v) is 13.9. The van der Waals surface area contributed by atoms with E-state index < -0.39 is 8.32 Å². The third kappa shape index (κ3) is 6.00. The van der Waals surface area contributed by atoms with Crippen LogP contribution < -0.4 is 0 Å². The van der Waals surface area contributed by atoms with Crippen molar-refractivity contribution in [3.63, 3.8) is 0 Å². The Balaban J connectivity index is 4.03. The normalized spacial score (nSPS) is 11.9. The maximum absolute atomic E-state index is 11.9. The molecule has 0 fully saturated rings. The summed E-state index contributed by atoms with van der Waals surface area (Å²) in [7, 11) is -1.74. The lowest BCUT2D eigenvalue weighted by Crippen LogP contribution is -2.38. The van der Waals surface area contributed by atoms with Gasteiger partial charge in [-0.1, -0.05) is 34.6 Å². The molecule has 0 saturated heterocycles. The summed E-state index contributed by atoms with van der Waals surface area (Å²) in [6.07, 6.45) is 1.49. The molecule has 0 aromatic carbocycles. The van der Waals surface area contributed by atoms with E-state index in [0.717, 1.165) is 44.2 Å². The Morgan fingerprint density at radius 3 is 1.89 bits per heavy atom. The number of hydrogen-bond acceptors (Lipinski definition) is 3. The van der Waals surface area contributed by atoms with Crippen molar-refractivity contribution in [3.05, 3.63) is 0 Å². The standard InChI is InChI=1S/C14H31NO2Si/c1-6-15(7-2)13-11-12-14(16)17-18(8-3,9-4)10-5/h6-13H2,1-5H3. The van der Waals surface area contributed by atoms with E-state index in [9.17, 15) is 4.79 Å². The summed E-state index contributed by atoms with van der Waals surface area (Å²) >= 11 is 0. The van der Waals surface area contributed by atoms with Crippen LogP contribution in [0.3, 0.4) is 0 Å². The summed E-state index contributed by atoms with van der Waals surface area (Å²) in [6.45, 7) is 13.9. The van der Waals surface area contributed by atoms with Crippen molar-refractivity contribution in [2.75, 3.05) is 19.6 Å². The summed E-state index contributed by atoms with van der Waals surface area (Å²) in [4.78, 5) is 14.2. The highest BCUT2D eigenvalue weighted by Crippen LogP contribution is 2.22. The molecule has 0 spiro atoms. The molecule has 0 rings (SSSR count). The quantitative estimate of drug-likeness (QED) is 0.569. The molecule has 0 amide bonds. The summed E-state index contributed by atoms with van der Waals surface area (Å²) in [5, 5.41) is 0. The largest absolute Gasteiger partial charge is 0.519 e. The molecule has 0 aliphatic heterocycles. The van der Waals surface area contributed by atoms with Gasteiger partial charge in [-0.2, -0.15) is 0 Å². The molecule has 0 heterocycles. The molecule has 0 radical (unpaired) electrons. The minimum atomic E-state index is -1.74. The first-order valence-electron chi connectivity index (χ1n) is 7.51. The minimum Gasteiger partial charge on any atom is -0.519 e. The number of hydrogen-bond donors (Lipinski definition) is 0. The fourth-order valence-electron chi connectivity index (χ4n) is 2.25. The van der Waals surface area contributed by atoms with Gasteiger partial charge >= 0.3 is 0 Å². The van der Waals surface area contributed by atoms with E-state index in [-0.39, 0.29) is 5.97 Å². The van der Waals surface area contributed by atoms with Crippen LogP contribution in [0.2, 0.25) is 18.1 Å². The molecule has 0 N–H and O–H groups in total. The summed E-state index contributed by atoms with van der Waals surface area (Å²) < 4.78 is 5.82. The third-order valence-corrected chi connectivity index (χ3v) is 8.54. The Kier molecular flexibility index (Phi) is 9.37. The van der Waals surface area contributed by atoms with Crippen LogP contribution in [-0.2, 0) is 9.22 Å². The van der Waals surface area contributed by atoms with Crippen molar-refractivity contribution in [1.29, 1.82) is 0 Å². The molecule has 3 nitrogen and oxygen atoms in total. The lowest BCUT2D eigenvalue weighted by molar-refractivity contribution is -0.135. The fraction of sp³-hybridized carbons (Fsp3) is 0.929. The molecule has 0 aromatic rings. The molecular formula is C14H31NO2Si. The van der Waals surface area contributed by atoms with E-state index >= 15 is 0 Å². The van der Waals surface area contributed by atoms with Crippen LogP contribution in [0.15, 0.2) is 0 Å². The Bertz CT molecular complexity index is 218. The van der Waals surface area contributed by atoms with Crippen LogP contribution in [-0.4, -0.2) is 38.8 Å². The Morgan fingerprint density at radius 2 is 1.50 bits per heavy atom. The summed E-state index contributed by atoms with van der Waals surface area (Å²) in [5.74, 6) is 0.0272. The predicted molar refractivity (Wildman–Crippen MR) is 80.3 cm³/mol. The van der Waals surface area contributed by atoms with Crippen LogP contribution in [0.25, 0.3) is 0 Å². The van der Waals surface area contributed by atoms with Crippen molar-refractivity contribution < 1.29 is 9.22 Å². The van der Waals surface area contributed by atoms with Crippen molar-refractivity contribution in [2.24, 2.45) is 0 Å². The number of rotatable bonds is 10. The van der Waals surface area contributed by atoms with Gasteiger partial charge in [0.05, 0.1) is 0 Å². The lowest BCUT2D eigenvalue weighted by atomic mass is 10.3. The summed E-state index contributed by atoms with van der Waals surface area (Å²) in [6, 6.07) is 3.13. The zero-order valence-electron chi connectivity index (χ0n) is 12.9. The van der Waals surface area contributed by atoms with Gasteiger partial charge in [0, 0.05) is 6.42 Å². The molecule has 0 aliphatic rings. The number of carbonyl (C=O) groups excluding carboxylic acids is 1. The third-order valence-electron chi connectivity index (χ3n) is 4.01. The van der Waals surface area contributed by atoms with E-state index in [1.54, 1.807) is 0 Å². The molecule has 0 aliphatic carbocycles. The maximum atomic E-state index is 11.9. The minimum absolute atomic E-state index is 0.0272. The van der Waals surface area contributed by atoms with Crippen molar-refractivity contribution in [1.82, 2.24) is 4.90 Å². The molecule has 0 saturated carbocycles. The molecule has 108 valence electrons. The highest BCUT2D eigenvalue weighted by Gasteiger charge is 2.32. The first kappa shape index (κ1) is 17.6. The van der Waals surface area contributed by atoms with E-state index in [1.807, 2.05) is 0 Å².